The average Bonchev–Trinajstić information content (AvgIpc) is 2.59. The highest BCUT2D eigenvalue weighted by atomic mass is 16.5. The average molecular weight is 327 g/mol. The Balaban J connectivity index is 1.99. The van der Waals surface area contributed by atoms with Gasteiger partial charge in [0.05, 0.1) is 7.11 Å². The van der Waals surface area contributed by atoms with Crippen LogP contribution in [-0.4, -0.2) is 24.7 Å². The lowest BCUT2D eigenvalue weighted by atomic mass is 10.1. The fourth-order valence-corrected chi connectivity index (χ4v) is 2.05. The summed E-state index contributed by atoms with van der Waals surface area (Å²) in [6, 6.07) is 11.9. The summed E-state index contributed by atoms with van der Waals surface area (Å²) in [6.45, 7) is 6.40. The van der Waals surface area contributed by atoms with E-state index in [-0.39, 0.29) is 11.7 Å². The van der Waals surface area contributed by atoms with E-state index in [1.165, 1.54) is 13.2 Å². The van der Waals surface area contributed by atoms with Crippen molar-refractivity contribution in [1.82, 2.24) is 5.32 Å². The third-order valence-corrected chi connectivity index (χ3v) is 3.28. The van der Waals surface area contributed by atoms with Crippen LogP contribution < -0.4 is 14.8 Å². The molecule has 0 unspecified atom stereocenters. The molecule has 2 N–H and O–H groups in total. The maximum atomic E-state index is 12.3. The van der Waals surface area contributed by atoms with Gasteiger partial charge in [0.25, 0.3) is 5.91 Å². The number of carbonyl (C=O) groups excluding carboxylic acids is 1. The van der Waals surface area contributed by atoms with Crippen LogP contribution in [0.5, 0.6) is 17.2 Å². The van der Waals surface area contributed by atoms with Gasteiger partial charge in [0, 0.05) is 12.1 Å². The molecule has 0 heterocycles. The van der Waals surface area contributed by atoms with Crippen molar-refractivity contribution in [2.75, 3.05) is 13.7 Å². The van der Waals surface area contributed by atoms with E-state index in [4.69, 9.17) is 9.47 Å². The number of phenols is 1. The third-order valence-electron chi connectivity index (χ3n) is 3.28. The molecule has 0 aliphatic carbocycles. The van der Waals surface area contributed by atoms with E-state index >= 15 is 0 Å². The predicted molar refractivity (Wildman–Crippen MR) is 92.6 cm³/mol. The topological polar surface area (TPSA) is 67.8 Å². The molecule has 0 spiro atoms. The van der Waals surface area contributed by atoms with Gasteiger partial charge in [-0.3, -0.25) is 4.79 Å². The van der Waals surface area contributed by atoms with E-state index in [2.05, 4.69) is 11.9 Å². The molecule has 0 aliphatic heterocycles. The quantitative estimate of drug-likeness (QED) is 0.766. The fourth-order valence-electron chi connectivity index (χ4n) is 2.05. The van der Waals surface area contributed by atoms with Crippen LogP contribution in [-0.2, 0) is 6.54 Å². The number of amides is 1. The van der Waals surface area contributed by atoms with Crippen molar-refractivity contribution in [2.24, 2.45) is 0 Å². The fraction of sp³-hybridized carbons (Fsp3) is 0.211. The van der Waals surface area contributed by atoms with Gasteiger partial charge < -0.3 is 19.9 Å². The molecule has 0 aromatic heterocycles. The largest absolute Gasteiger partial charge is 0.504 e. The Labute approximate surface area is 141 Å². The van der Waals surface area contributed by atoms with E-state index < -0.39 is 0 Å². The lowest BCUT2D eigenvalue weighted by molar-refractivity contribution is 0.0950. The second kappa shape index (κ2) is 8.06. The molecule has 0 radical (unpaired) electrons. The summed E-state index contributed by atoms with van der Waals surface area (Å²) in [5, 5.41) is 12.4. The van der Waals surface area contributed by atoms with Crippen molar-refractivity contribution >= 4 is 5.91 Å². The van der Waals surface area contributed by atoms with Crippen LogP contribution >= 0.6 is 0 Å². The van der Waals surface area contributed by atoms with Crippen molar-refractivity contribution in [3.63, 3.8) is 0 Å². The van der Waals surface area contributed by atoms with Gasteiger partial charge >= 0.3 is 0 Å². The normalized spacial score (nSPS) is 10.1. The van der Waals surface area contributed by atoms with Crippen molar-refractivity contribution < 1.29 is 19.4 Å². The number of methoxy groups -OCH3 is 1. The smallest absolute Gasteiger partial charge is 0.251 e. The summed E-state index contributed by atoms with van der Waals surface area (Å²) in [7, 11) is 1.48. The Morgan fingerprint density at radius 2 is 2.04 bits per heavy atom. The zero-order chi connectivity index (χ0) is 17.5. The summed E-state index contributed by atoms with van der Waals surface area (Å²) in [5.74, 6) is 0.853. The summed E-state index contributed by atoms with van der Waals surface area (Å²) in [4.78, 5) is 12.3. The highest BCUT2D eigenvalue weighted by Crippen LogP contribution is 2.26. The van der Waals surface area contributed by atoms with Crippen molar-refractivity contribution in [3.05, 3.63) is 65.7 Å². The van der Waals surface area contributed by atoms with E-state index in [1.54, 1.807) is 36.4 Å². The molecule has 126 valence electrons. The highest BCUT2D eigenvalue weighted by Gasteiger charge is 2.08. The first-order valence-corrected chi connectivity index (χ1v) is 7.51. The van der Waals surface area contributed by atoms with Gasteiger partial charge in [-0.2, -0.15) is 0 Å². The molecule has 0 saturated heterocycles. The highest BCUT2D eigenvalue weighted by molar-refractivity contribution is 5.94. The maximum Gasteiger partial charge on any atom is 0.251 e. The van der Waals surface area contributed by atoms with Crippen molar-refractivity contribution in [2.45, 2.75) is 13.5 Å². The van der Waals surface area contributed by atoms with Gasteiger partial charge in [-0.25, -0.2) is 0 Å². The minimum atomic E-state index is -0.206. The summed E-state index contributed by atoms with van der Waals surface area (Å²) >= 11 is 0. The summed E-state index contributed by atoms with van der Waals surface area (Å²) in [5.41, 5.74) is 2.25. The Kier molecular flexibility index (Phi) is 5.84. The molecule has 5 nitrogen and oxygen atoms in total. The van der Waals surface area contributed by atoms with Gasteiger partial charge in [0.15, 0.2) is 11.5 Å². The number of rotatable bonds is 7. The zero-order valence-corrected chi connectivity index (χ0v) is 13.8. The number of hydrogen-bond donors (Lipinski definition) is 2. The third kappa shape index (κ3) is 4.78. The molecule has 5 heteroatoms. The first kappa shape index (κ1) is 17.4. The lowest BCUT2D eigenvalue weighted by Gasteiger charge is -2.10. The number of phenolic OH excluding ortho intramolecular Hbond substituents is 1. The molecule has 2 aromatic carbocycles. The number of carbonyl (C=O) groups is 1. The van der Waals surface area contributed by atoms with Crippen molar-refractivity contribution in [3.8, 4) is 17.2 Å². The van der Waals surface area contributed by atoms with E-state index in [9.17, 15) is 9.90 Å². The Morgan fingerprint density at radius 1 is 1.25 bits per heavy atom. The number of ether oxygens (including phenoxy) is 2. The Bertz CT molecular complexity index is 740. The predicted octanol–water partition coefficient (Wildman–Crippen LogP) is 3.29. The second-order valence-corrected chi connectivity index (χ2v) is 5.46. The molecule has 24 heavy (non-hydrogen) atoms. The van der Waals surface area contributed by atoms with E-state index in [0.717, 1.165) is 11.1 Å². The molecular formula is C19H21NO4. The van der Waals surface area contributed by atoms with Crippen LogP contribution in [0.3, 0.4) is 0 Å². The van der Waals surface area contributed by atoms with E-state index in [1.807, 2.05) is 6.92 Å². The molecule has 0 aliphatic rings. The molecule has 1 amide bonds. The summed E-state index contributed by atoms with van der Waals surface area (Å²) < 4.78 is 10.6. The van der Waals surface area contributed by atoms with Gasteiger partial charge in [-0.15, -0.1) is 0 Å². The number of hydrogen-bond acceptors (Lipinski definition) is 4. The SMILES string of the molecule is C=C(C)COc1cccc(C(=O)NCc2ccc(O)c(OC)c2)c1. The molecule has 0 bridgehead atoms. The van der Waals surface area contributed by atoms with Crippen LogP contribution in [0.15, 0.2) is 54.6 Å². The lowest BCUT2D eigenvalue weighted by Crippen LogP contribution is -2.22. The molecule has 2 aromatic rings. The van der Waals surface area contributed by atoms with Crippen LogP contribution in [0, 0.1) is 0 Å². The van der Waals surface area contributed by atoms with E-state index in [0.29, 0.717) is 30.2 Å². The van der Waals surface area contributed by atoms with Crippen LogP contribution in [0.1, 0.15) is 22.8 Å². The first-order valence-electron chi connectivity index (χ1n) is 7.51. The van der Waals surface area contributed by atoms with Crippen LogP contribution in [0.4, 0.5) is 0 Å². The zero-order valence-electron chi connectivity index (χ0n) is 13.8. The summed E-state index contributed by atoms with van der Waals surface area (Å²) in [6.07, 6.45) is 0. The van der Waals surface area contributed by atoms with Gasteiger partial charge in [0.1, 0.15) is 12.4 Å². The van der Waals surface area contributed by atoms with Gasteiger partial charge in [0.2, 0.25) is 0 Å². The molecule has 0 fully saturated rings. The molecule has 0 saturated carbocycles. The number of aromatic hydroxyl groups is 1. The van der Waals surface area contributed by atoms with Gasteiger partial charge in [-0.1, -0.05) is 18.7 Å². The maximum absolute atomic E-state index is 12.3. The van der Waals surface area contributed by atoms with Crippen LogP contribution in [0.2, 0.25) is 0 Å². The minimum Gasteiger partial charge on any atom is -0.504 e. The minimum absolute atomic E-state index is 0.0648. The Hall–Kier alpha value is -2.95. The second-order valence-electron chi connectivity index (χ2n) is 5.46. The molecule has 0 atom stereocenters. The monoisotopic (exact) mass is 327 g/mol. The Morgan fingerprint density at radius 3 is 2.75 bits per heavy atom. The molecular weight excluding hydrogens is 306 g/mol. The number of benzene rings is 2. The molecule has 2 rings (SSSR count). The van der Waals surface area contributed by atoms with Gasteiger partial charge in [-0.05, 0) is 48.4 Å². The van der Waals surface area contributed by atoms with Crippen molar-refractivity contribution in [1.29, 1.82) is 0 Å². The first-order chi connectivity index (χ1) is 11.5. The van der Waals surface area contributed by atoms with Crippen LogP contribution in [0.25, 0.3) is 0 Å². The standard InChI is InChI=1S/C19H21NO4/c1-13(2)12-24-16-6-4-5-15(10-16)19(22)20-11-14-7-8-17(21)18(9-14)23-3/h4-10,21H,1,11-12H2,2-3H3,(H,20,22). The number of nitrogens with one attached hydrogen (secondary N) is 1.